The summed E-state index contributed by atoms with van der Waals surface area (Å²) in [5.74, 6) is -0.256. The normalized spacial score (nSPS) is 18.8. The van der Waals surface area contributed by atoms with Crippen LogP contribution in [0.25, 0.3) is 16.0 Å². The zero-order chi connectivity index (χ0) is 25.8. The molecule has 10 heteroatoms. The summed E-state index contributed by atoms with van der Waals surface area (Å²) in [5.41, 5.74) is 2.93. The van der Waals surface area contributed by atoms with Crippen molar-refractivity contribution in [2.75, 3.05) is 37.1 Å². The summed E-state index contributed by atoms with van der Waals surface area (Å²) in [4.78, 5) is 35.8. The SMILES string of the molecule is COc1cc2sc(N3C(=O)C(=O)/C(=C(/O)c4ccc5c(c4)N(C)CCO5)C3c3cccs3)nc2cc1C. The Morgan fingerprint density at radius 1 is 1.22 bits per heavy atom. The number of likely N-dealkylation sites (N-methyl/N-ethyl adjacent to an activating group) is 1. The second-order valence-corrected chi connectivity index (χ2v) is 10.9. The Bertz CT molecular complexity index is 1590. The van der Waals surface area contributed by atoms with Gasteiger partial charge in [-0.15, -0.1) is 11.3 Å². The summed E-state index contributed by atoms with van der Waals surface area (Å²) in [7, 11) is 3.55. The maximum atomic E-state index is 13.5. The highest BCUT2D eigenvalue weighted by Gasteiger charge is 2.48. The van der Waals surface area contributed by atoms with Crippen molar-refractivity contribution in [3.63, 3.8) is 0 Å². The third-order valence-electron chi connectivity index (χ3n) is 6.68. The van der Waals surface area contributed by atoms with Gasteiger partial charge >= 0.3 is 5.91 Å². The third-order valence-corrected chi connectivity index (χ3v) is 8.63. The standard InChI is InChI=1S/C27H23N3O5S2/c1-14-11-16-21(13-19(14)34-3)37-27(28-16)30-23(20-5-4-10-36-20)22(25(32)26(30)33)24(31)15-6-7-18-17(12-15)29(2)8-9-35-18/h4-7,10-13,23,31H,8-9H2,1-3H3/b24-22+. The molecule has 1 N–H and O–H groups in total. The number of hydrogen-bond donors (Lipinski definition) is 1. The van der Waals surface area contributed by atoms with E-state index < -0.39 is 17.7 Å². The molecule has 6 rings (SSSR count). The number of thiazole rings is 1. The number of rotatable bonds is 4. The second-order valence-electron chi connectivity index (χ2n) is 8.92. The van der Waals surface area contributed by atoms with Crippen LogP contribution in [0.2, 0.25) is 0 Å². The molecule has 0 spiro atoms. The van der Waals surface area contributed by atoms with Gasteiger partial charge in [-0.3, -0.25) is 14.5 Å². The van der Waals surface area contributed by atoms with Crippen LogP contribution in [-0.4, -0.2) is 49.1 Å². The molecule has 4 heterocycles. The van der Waals surface area contributed by atoms with Crippen molar-refractivity contribution in [1.82, 2.24) is 4.98 Å². The van der Waals surface area contributed by atoms with Crippen molar-refractivity contribution in [1.29, 1.82) is 0 Å². The van der Waals surface area contributed by atoms with Gasteiger partial charge in [-0.1, -0.05) is 17.4 Å². The minimum absolute atomic E-state index is 0.0415. The van der Waals surface area contributed by atoms with Gasteiger partial charge in [-0.25, -0.2) is 4.98 Å². The van der Waals surface area contributed by atoms with Crippen LogP contribution >= 0.6 is 22.7 Å². The average Bonchev–Trinajstić information content (AvgIpc) is 3.62. The molecule has 8 nitrogen and oxygen atoms in total. The van der Waals surface area contributed by atoms with E-state index in [0.717, 1.165) is 26.6 Å². The first-order valence-corrected chi connectivity index (χ1v) is 13.3. The van der Waals surface area contributed by atoms with Crippen molar-refractivity contribution >= 4 is 61.2 Å². The van der Waals surface area contributed by atoms with Gasteiger partial charge in [0, 0.05) is 17.5 Å². The molecule has 1 saturated heterocycles. The largest absolute Gasteiger partial charge is 0.507 e. The Kier molecular flexibility index (Phi) is 5.65. The van der Waals surface area contributed by atoms with Gasteiger partial charge in [-0.05, 0) is 54.3 Å². The molecule has 0 saturated carbocycles. The van der Waals surface area contributed by atoms with E-state index in [1.54, 1.807) is 25.3 Å². The van der Waals surface area contributed by atoms with Gasteiger partial charge < -0.3 is 19.5 Å². The van der Waals surface area contributed by atoms with Crippen LogP contribution in [0.4, 0.5) is 10.8 Å². The molecule has 0 radical (unpaired) electrons. The highest BCUT2D eigenvalue weighted by Crippen LogP contribution is 2.46. The van der Waals surface area contributed by atoms with Crippen molar-refractivity contribution in [2.24, 2.45) is 0 Å². The van der Waals surface area contributed by atoms with E-state index in [-0.39, 0.29) is 11.3 Å². The molecule has 2 aromatic carbocycles. The fourth-order valence-corrected chi connectivity index (χ4v) is 6.60. The Balaban J connectivity index is 1.51. The number of Topliss-reactive ketones (excluding diaryl/α,β-unsaturated/α-hetero) is 1. The van der Waals surface area contributed by atoms with E-state index in [1.165, 1.54) is 27.6 Å². The molecule has 1 atom stereocenters. The number of benzene rings is 2. The number of amides is 1. The lowest BCUT2D eigenvalue weighted by atomic mass is 9.99. The van der Waals surface area contributed by atoms with Gasteiger partial charge in [0.25, 0.3) is 5.78 Å². The first-order valence-electron chi connectivity index (χ1n) is 11.7. The minimum atomic E-state index is -0.798. The summed E-state index contributed by atoms with van der Waals surface area (Å²) in [5, 5.41) is 13.7. The molecular weight excluding hydrogens is 510 g/mol. The fraction of sp³-hybridized carbons (Fsp3) is 0.222. The van der Waals surface area contributed by atoms with Crippen LogP contribution in [0.3, 0.4) is 0 Å². The van der Waals surface area contributed by atoms with E-state index in [9.17, 15) is 14.7 Å². The summed E-state index contributed by atoms with van der Waals surface area (Å²) >= 11 is 2.72. The number of aliphatic hydroxyl groups is 1. The number of methoxy groups -OCH3 is 1. The predicted molar refractivity (Wildman–Crippen MR) is 145 cm³/mol. The third kappa shape index (κ3) is 3.75. The summed E-state index contributed by atoms with van der Waals surface area (Å²) in [6.07, 6.45) is 0. The van der Waals surface area contributed by atoms with Crippen molar-refractivity contribution in [2.45, 2.75) is 13.0 Å². The van der Waals surface area contributed by atoms with Gasteiger partial charge in [0.1, 0.15) is 29.9 Å². The molecule has 1 unspecified atom stereocenters. The fourth-order valence-electron chi connectivity index (χ4n) is 4.77. The number of anilines is 2. The summed E-state index contributed by atoms with van der Waals surface area (Å²) < 4.78 is 12.0. The molecule has 2 aliphatic rings. The van der Waals surface area contributed by atoms with E-state index in [1.807, 2.05) is 48.5 Å². The van der Waals surface area contributed by atoms with Crippen LogP contribution < -0.4 is 19.3 Å². The number of fused-ring (bicyclic) bond motifs is 2. The number of ether oxygens (including phenoxy) is 2. The maximum absolute atomic E-state index is 13.5. The Labute approximate surface area is 221 Å². The predicted octanol–water partition coefficient (Wildman–Crippen LogP) is 5.13. The number of thiophene rings is 1. The highest BCUT2D eigenvalue weighted by molar-refractivity contribution is 7.22. The van der Waals surface area contributed by atoms with E-state index in [2.05, 4.69) is 0 Å². The second kappa shape index (κ2) is 8.89. The van der Waals surface area contributed by atoms with E-state index in [0.29, 0.717) is 35.1 Å². The minimum Gasteiger partial charge on any atom is -0.507 e. The number of carbonyl (C=O) groups excluding carboxylic acids is 2. The van der Waals surface area contributed by atoms with Gasteiger partial charge in [0.15, 0.2) is 5.13 Å². The monoisotopic (exact) mass is 533 g/mol. The number of aryl methyl sites for hydroxylation is 1. The first-order chi connectivity index (χ1) is 17.9. The van der Waals surface area contributed by atoms with Gasteiger partial charge in [0.05, 0.1) is 35.1 Å². The number of nitrogens with zero attached hydrogens (tertiary/aromatic N) is 3. The topological polar surface area (TPSA) is 92.2 Å². The van der Waals surface area contributed by atoms with Gasteiger partial charge in [-0.2, -0.15) is 0 Å². The molecule has 2 aliphatic heterocycles. The zero-order valence-corrected chi connectivity index (χ0v) is 22.0. The van der Waals surface area contributed by atoms with E-state index >= 15 is 0 Å². The Hall–Kier alpha value is -3.89. The van der Waals surface area contributed by atoms with Crippen molar-refractivity contribution in [3.8, 4) is 11.5 Å². The Morgan fingerprint density at radius 3 is 2.81 bits per heavy atom. The van der Waals surface area contributed by atoms with Crippen LogP contribution in [0.15, 0.2) is 53.4 Å². The van der Waals surface area contributed by atoms with Crippen molar-refractivity contribution in [3.05, 3.63) is 69.4 Å². The molecular formula is C27H23N3O5S2. The van der Waals surface area contributed by atoms with Crippen LogP contribution in [0.5, 0.6) is 11.5 Å². The van der Waals surface area contributed by atoms with Crippen molar-refractivity contribution < 1.29 is 24.2 Å². The lowest BCUT2D eigenvalue weighted by Crippen LogP contribution is -2.29. The lowest BCUT2D eigenvalue weighted by molar-refractivity contribution is -0.132. The van der Waals surface area contributed by atoms with Crippen LogP contribution in [0.1, 0.15) is 22.0 Å². The Morgan fingerprint density at radius 2 is 2.05 bits per heavy atom. The molecule has 37 heavy (non-hydrogen) atoms. The van der Waals surface area contributed by atoms with Gasteiger partial charge in [0.2, 0.25) is 0 Å². The number of carbonyl (C=O) groups is 2. The summed E-state index contributed by atoms with van der Waals surface area (Å²) in [6.45, 7) is 3.21. The molecule has 1 fully saturated rings. The molecule has 1 amide bonds. The quantitative estimate of drug-likeness (QED) is 0.221. The summed E-state index contributed by atoms with van der Waals surface area (Å²) in [6, 6.07) is 12.0. The molecule has 188 valence electrons. The number of aromatic nitrogens is 1. The molecule has 0 aliphatic carbocycles. The zero-order valence-electron chi connectivity index (χ0n) is 20.3. The van der Waals surface area contributed by atoms with Crippen LogP contribution in [0, 0.1) is 6.92 Å². The first kappa shape index (κ1) is 23.5. The lowest BCUT2D eigenvalue weighted by Gasteiger charge is -2.28. The number of hydrogen-bond acceptors (Lipinski definition) is 9. The highest BCUT2D eigenvalue weighted by atomic mass is 32.1. The van der Waals surface area contributed by atoms with E-state index in [4.69, 9.17) is 14.5 Å². The molecule has 2 aromatic heterocycles. The molecule has 4 aromatic rings. The number of ketones is 1. The number of aliphatic hydroxyl groups excluding tert-OH is 1. The smallest absolute Gasteiger partial charge is 0.301 e. The maximum Gasteiger partial charge on any atom is 0.301 e. The molecule has 0 bridgehead atoms. The average molecular weight is 534 g/mol. The van der Waals surface area contributed by atoms with Crippen LogP contribution in [-0.2, 0) is 9.59 Å².